The summed E-state index contributed by atoms with van der Waals surface area (Å²) < 4.78 is 0. The highest BCUT2D eigenvalue weighted by Crippen LogP contribution is 2.25. The van der Waals surface area contributed by atoms with Crippen molar-refractivity contribution in [3.05, 3.63) is 64.7 Å². The van der Waals surface area contributed by atoms with E-state index >= 15 is 0 Å². The van der Waals surface area contributed by atoms with E-state index < -0.39 is 11.8 Å². The Bertz CT molecular complexity index is 935. The van der Waals surface area contributed by atoms with Gasteiger partial charge < -0.3 is 11.1 Å². The van der Waals surface area contributed by atoms with E-state index in [1.165, 1.54) is 35.2 Å². The number of amides is 4. The predicted molar refractivity (Wildman–Crippen MR) is 99.6 cm³/mol. The zero-order chi connectivity index (χ0) is 19.6. The van der Waals surface area contributed by atoms with E-state index in [1.54, 1.807) is 12.1 Å². The Hall–Kier alpha value is -3.48. The van der Waals surface area contributed by atoms with E-state index in [4.69, 9.17) is 5.73 Å². The maximum Gasteiger partial charge on any atom is 0.261 e. The second-order valence-corrected chi connectivity index (χ2v) is 6.27. The van der Waals surface area contributed by atoms with Gasteiger partial charge >= 0.3 is 0 Å². The van der Waals surface area contributed by atoms with Crippen molar-refractivity contribution in [1.82, 2.24) is 4.90 Å². The van der Waals surface area contributed by atoms with Gasteiger partial charge in [-0.2, -0.15) is 0 Å². The molecule has 0 atom stereocenters. The third-order valence-corrected chi connectivity index (χ3v) is 4.40. The molecule has 0 aromatic heterocycles. The summed E-state index contributed by atoms with van der Waals surface area (Å²) in [5.74, 6) is -1.67. The first-order valence-corrected chi connectivity index (χ1v) is 8.64. The Morgan fingerprint density at radius 3 is 2.22 bits per heavy atom. The number of fused-ring (bicyclic) bond motifs is 1. The van der Waals surface area contributed by atoms with Gasteiger partial charge in [-0.05, 0) is 48.9 Å². The minimum atomic E-state index is -0.553. The second-order valence-electron chi connectivity index (χ2n) is 6.27. The number of carbonyl (C=O) groups excluding carboxylic acids is 4. The van der Waals surface area contributed by atoms with Crippen molar-refractivity contribution < 1.29 is 19.2 Å². The third kappa shape index (κ3) is 3.57. The number of nitrogens with two attached hydrogens (primary N) is 1. The molecule has 0 radical (unpaired) electrons. The van der Waals surface area contributed by atoms with Crippen molar-refractivity contribution in [2.75, 3.05) is 11.9 Å². The largest absolute Gasteiger partial charge is 0.366 e. The van der Waals surface area contributed by atoms with Crippen LogP contribution in [-0.4, -0.2) is 35.1 Å². The highest BCUT2D eigenvalue weighted by Gasteiger charge is 2.35. The van der Waals surface area contributed by atoms with Gasteiger partial charge in [-0.15, -0.1) is 0 Å². The van der Waals surface area contributed by atoms with Gasteiger partial charge in [0.1, 0.15) is 0 Å². The van der Waals surface area contributed by atoms with Crippen molar-refractivity contribution in [3.8, 4) is 0 Å². The Kier molecular flexibility index (Phi) is 5.03. The van der Waals surface area contributed by atoms with Crippen LogP contribution in [0.4, 0.5) is 5.69 Å². The molecule has 0 fully saturated rings. The van der Waals surface area contributed by atoms with Gasteiger partial charge in [0.15, 0.2) is 0 Å². The highest BCUT2D eigenvalue weighted by atomic mass is 16.2. The van der Waals surface area contributed by atoms with Gasteiger partial charge in [0, 0.05) is 23.4 Å². The number of rotatable bonds is 6. The molecule has 1 aliphatic rings. The van der Waals surface area contributed by atoms with Gasteiger partial charge in [-0.1, -0.05) is 13.3 Å². The first kappa shape index (κ1) is 18.3. The molecule has 138 valence electrons. The zero-order valence-electron chi connectivity index (χ0n) is 14.8. The lowest BCUT2D eigenvalue weighted by Crippen LogP contribution is -2.30. The minimum Gasteiger partial charge on any atom is -0.366 e. The SMILES string of the molecule is CCCCN1C(=O)c2ccc(C(=O)Nc3ccc(C(N)=O)cc3)cc2C1=O. The zero-order valence-corrected chi connectivity index (χ0v) is 14.8. The van der Waals surface area contributed by atoms with Gasteiger partial charge in [-0.25, -0.2) is 0 Å². The van der Waals surface area contributed by atoms with Crippen LogP contribution in [0.3, 0.4) is 0 Å². The van der Waals surface area contributed by atoms with Crippen molar-refractivity contribution in [2.45, 2.75) is 19.8 Å². The standard InChI is InChI=1S/C20H19N3O4/c1-2-3-10-23-19(26)15-9-6-13(11-16(15)20(23)27)18(25)22-14-7-4-12(5-8-14)17(21)24/h4-9,11H,2-3,10H2,1H3,(H2,21,24)(H,22,25). The molecule has 3 rings (SSSR count). The number of benzene rings is 2. The molecule has 0 unspecified atom stereocenters. The third-order valence-electron chi connectivity index (χ3n) is 4.40. The smallest absolute Gasteiger partial charge is 0.261 e. The quantitative estimate of drug-likeness (QED) is 0.766. The molecule has 3 N–H and O–H groups in total. The maximum atomic E-state index is 12.5. The minimum absolute atomic E-state index is 0.243. The molecule has 0 aliphatic carbocycles. The van der Waals surface area contributed by atoms with E-state index in [2.05, 4.69) is 5.32 Å². The summed E-state index contributed by atoms with van der Waals surface area (Å²) in [6, 6.07) is 10.6. The summed E-state index contributed by atoms with van der Waals surface area (Å²) in [5.41, 5.74) is 6.83. The monoisotopic (exact) mass is 365 g/mol. The number of nitrogens with zero attached hydrogens (tertiary/aromatic N) is 1. The molecule has 0 bridgehead atoms. The van der Waals surface area contributed by atoms with Crippen LogP contribution in [0.5, 0.6) is 0 Å². The van der Waals surface area contributed by atoms with Crippen LogP contribution in [0.15, 0.2) is 42.5 Å². The lowest BCUT2D eigenvalue weighted by Gasteiger charge is -2.12. The molecule has 7 heteroatoms. The molecule has 2 aromatic rings. The van der Waals surface area contributed by atoms with Crippen molar-refractivity contribution >= 4 is 29.3 Å². The predicted octanol–water partition coefficient (Wildman–Crippen LogP) is 2.43. The van der Waals surface area contributed by atoms with Gasteiger partial charge in [-0.3, -0.25) is 24.1 Å². The van der Waals surface area contributed by atoms with E-state index in [9.17, 15) is 19.2 Å². The van der Waals surface area contributed by atoms with Crippen molar-refractivity contribution in [1.29, 1.82) is 0 Å². The van der Waals surface area contributed by atoms with Crippen molar-refractivity contribution in [3.63, 3.8) is 0 Å². The molecule has 0 spiro atoms. The number of hydrogen-bond acceptors (Lipinski definition) is 4. The lowest BCUT2D eigenvalue weighted by atomic mass is 10.1. The second kappa shape index (κ2) is 7.41. The number of anilines is 1. The van der Waals surface area contributed by atoms with Gasteiger partial charge in [0.05, 0.1) is 11.1 Å². The summed E-state index contributed by atoms with van der Waals surface area (Å²) in [5, 5.41) is 2.69. The highest BCUT2D eigenvalue weighted by molar-refractivity contribution is 6.22. The molecule has 2 aromatic carbocycles. The van der Waals surface area contributed by atoms with E-state index in [1.807, 2.05) is 6.92 Å². The fourth-order valence-corrected chi connectivity index (χ4v) is 2.87. The summed E-state index contributed by atoms with van der Waals surface area (Å²) in [6.07, 6.45) is 1.61. The lowest BCUT2D eigenvalue weighted by molar-refractivity contribution is 0.0652. The number of hydrogen-bond donors (Lipinski definition) is 2. The normalized spacial score (nSPS) is 12.9. The van der Waals surface area contributed by atoms with Gasteiger partial charge in [0.2, 0.25) is 5.91 Å². The molecule has 4 amide bonds. The number of primary amides is 1. The van der Waals surface area contributed by atoms with Crippen LogP contribution in [0.25, 0.3) is 0 Å². The molecular formula is C20H19N3O4. The molecule has 7 nitrogen and oxygen atoms in total. The molecule has 0 saturated heterocycles. The van der Waals surface area contributed by atoms with Crippen LogP contribution in [0, 0.1) is 0 Å². The molecule has 1 aliphatic heterocycles. The number of nitrogens with one attached hydrogen (secondary N) is 1. The van der Waals surface area contributed by atoms with E-state index in [0.29, 0.717) is 23.4 Å². The molecule has 1 heterocycles. The van der Waals surface area contributed by atoms with Crippen LogP contribution in [-0.2, 0) is 0 Å². The first-order chi connectivity index (χ1) is 12.9. The molecule has 27 heavy (non-hydrogen) atoms. The fraction of sp³-hybridized carbons (Fsp3) is 0.200. The number of unbranched alkanes of at least 4 members (excludes halogenated alkanes) is 1. The summed E-state index contributed by atoms with van der Waals surface area (Å²) in [7, 11) is 0. The van der Waals surface area contributed by atoms with Gasteiger partial charge in [0.25, 0.3) is 17.7 Å². The Labute approximate surface area is 156 Å². The summed E-state index contributed by atoms with van der Waals surface area (Å²) in [6.45, 7) is 2.35. The maximum absolute atomic E-state index is 12.5. The van der Waals surface area contributed by atoms with Crippen LogP contribution in [0.2, 0.25) is 0 Å². The molecular weight excluding hydrogens is 346 g/mol. The Morgan fingerprint density at radius 1 is 0.963 bits per heavy atom. The topological polar surface area (TPSA) is 110 Å². The Balaban J connectivity index is 1.78. The van der Waals surface area contributed by atoms with Crippen molar-refractivity contribution in [2.24, 2.45) is 5.73 Å². The number of imide groups is 1. The van der Waals surface area contributed by atoms with E-state index in [-0.39, 0.29) is 22.9 Å². The first-order valence-electron chi connectivity index (χ1n) is 8.64. The molecule has 0 saturated carbocycles. The average Bonchev–Trinajstić information content (AvgIpc) is 2.90. The summed E-state index contributed by atoms with van der Waals surface area (Å²) in [4.78, 5) is 49.6. The Morgan fingerprint density at radius 2 is 1.59 bits per heavy atom. The van der Waals surface area contributed by atoms with E-state index in [0.717, 1.165) is 12.8 Å². The van der Waals surface area contributed by atoms with Crippen LogP contribution in [0.1, 0.15) is 61.2 Å². The average molecular weight is 365 g/mol. The fourth-order valence-electron chi connectivity index (χ4n) is 2.87. The number of carbonyl (C=O) groups is 4. The summed E-state index contributed by atoms with van der Waals surface area (Å²) >= 11 is 0. The van der Waals surface area contributed by atoms with Crippen LogP contribution < -0.4 is 11.1 Å². The van der Waals surface area contributed by atoms with Crippen LogP contribution >= 0.6 is 0 Å².